The van der Waals surface area contributed by atoms with E-state index in [0.717, 1.165) is 37.2 Å². The smallest absolute Gasteiger partial charge is 0.0713 e. The van der Waals surface area contributed by atoms with E-state index in [4.69, 9.17) is 0 Å². The van der Waals surface area contributed by atoms with Crippen LogP contribution >= 0.6 is 0 Å². The van der Waals surface area contributed by atoms with Crippen molar-refractivity contribution < 1.29 is 0 Å². The van der Waals surface area contributed by atoms with Crippen molar-refractivity contribution in [2.45, 2.75) is 149 Å². The summed E-state index contributed by atoms with van der Waals surface area (Å²) < 4.78 is 0. The van der Waals surface area contributed by atoms with E-state index in [1.54, 1.807) is 6.08 Å². The lowest BCUT2D eigenvalue weighted by molar-refractivity contribution is 0.737. The Kier molecular flexibility index (Phi) is 33.5. The van der Waals surface area contributed by atoms with Gasteiger partial charge in [0, 0.05) is 0 Å². The molecule has 0 bridgehead atoms. The monoisotopic (exact) mass is 1110 g/mol. The number of rotatable bonds is 12. The van der Waals surface area contributed by atoms with Gasteiger partial charge in [0.15, 0.2) is 0 Å². The van der Waals surface area contributed by atoms with Crippen LogP contribution in [0.4, 0.5) is 0 Å². The van der Waals surface area contributed by atoms with Crippen molar-refractivity contribution in [3.8, 4) is 11.1 Å². The summed E-state index contributed by atoms with van der Waals surface area (Å²) in [6.45, 7) is 55.5. The summed E-state index contributed by atoms with van der Waals surface area (Å²) in [7, 11) is 0. The molecule has 0 atom stereocenters. The first-order valence-electron chi connectivity index (χ1n) is 31.0. The highest BCUT2D eigenvalue weighted by molar-refractivity contribution is 5.94. The van der Waals surface area contributed by atoms with Crippen molar-refractivity contribution in [1.82, 2.24) is 0 Å². The molecule has 0 nitrogen and oxygen atoms in total. The van der Waals surface area contributed by atoms with E-state index >= 15 is 0 Å². The summed E-state index contributed by atoms with van der Waals surface area (Å²) in [5.74, 6) is 1.42. The molecular formula is C84H106. The van der Waals surface area contributed by atoms with Gasteiger partial charge in [-0.05, 0) is 179 Å². The van der Waals surface area contributed by atoms with E-state index in [0.29, 0.717) is 5.92 Å². The highest BCUT2D eigenvalue weighted by Gasteiger charge is 2.47. The van der Waals surface area contributed by atoms with Crippen LogP contribution in [0.1, 0.15) is 170 Å². The third-order valence-electron chi connectivity index (χ3n) is 14.4. The maximum atomic E-state index is 4.19. The summed E-state index contributed by atoms with van der Waals surface area (Å²) >= 11 is 0. The van der Waals surface area contributed by atoms with Crippen LogP contribution in [0.25, 0.3) is 34.1 Å². The molecule has 9 rings (SSSR count). The van der Waals surface area contributed by atoms with Crippen LogP contribution in [0.15, 0.2) is 261 Å². The van der Waals surface area contributed by atoms with E-state index in [1.165, 1.54) is 105 Å². The largest absolute Gasteiger partial charge is 0.0991 e. The second-order valence-corrected chi connectivity index (χ2v) is 21.6. The molecule has 0 heteroatoms. The Labute approximate surface area is 514 Å². The van der Waals surface area contributed by atoms with Gasteiger partial charge in [0.1, 0.15) is 0 Å². The summed E-state index contributed by atoms with van der Waals surface area (Å²) in [5.41, 5.74) is 23.2. The maximum Gasteiger partial charge on any atom is 0.0713 e. The molecule has 7 aromatic rings. The zero-order chi connectivity index (χ0) is 62.8. The summed E-state index contributed by atoms with van der Waals surface area (Å²) in [6, 6.07) is 54.5. The lowest BCUT2D eigenvalue weighted by Crippen LogP contribution is -2.28. The number of hydrogen-bond donors (Lipinski definition) is 0. The Balaban J connectivity index is 0.000000383. The molecule has 0 aromatic heterocycles. The minimum Gasteiger partial charge on any atom is -0.0991 e. The molecule has 0 saturated heterocycles. The highest BCUT2D eigenvalue weighted by atomic mass is 14.5. The van der Waals surface area contributed by atoms with E-state index < -0.39 is 0 Å². The minimum atomic E-state index is -0.374. The zero-order valence-corrected chi connectivity index (χ0v) is 55.2. The average molecular weight is 1120 g/mol. The fourth-order valence-electron chi connectivity index (χ4n) is 10.4. The lowest BCUT2D eigenvalue weighted by Gasteiger charge is -2.34. The number of allylic oxidation sites excluding steroid dienone is 13. The molecule has 0 fully saturated rings. The second kappa shape index (κ2) is 38.9. The number of benzene rings is 7. The van der Waals surface area contributed by atoms with E-state index in [9.17, 15) is 0 Å². The first kappa shape index (κ1) is 72.3. The molecule has 2 aliphatic carbocycles. The van der Waals surface area contributed by atoms with Gasteiger partial charge in [0.05, 0.1) is 5.41 Å². The normalized spacial score (nSPS) is 12.5. The molecule has 84 heavy (non-hydrogen) atoms. The van der Waals surface area contributed by atoms with Gasteiger partial charge in [-0.15, -0.1) is 0 Å². The fraction of sp³-hybridized carbons (Fsp3) is 0.286. The Hall–Kier alpha value is -7.80. The molecule has 0 heterocycles. The summed E-state index contributed by atoms with van der Waals surface area (Å²) in [5, 5.41) is 2.68. The zero-order valence-electron chi connectivity index (χ0n) is 55.2. The third-order valence-corrected chi connectivity index (χ3v) is 14.4. The van der Waals surface area contributed by atoms with Gasteiger partial charge in [-0.3, -0.25) is 0 Å². The number of hydrogen-bond acceptors (Lipinski definition) is 0. The molecule has 0 radical (unpaired) electrons. The topological polar surface area (TPSA) is 0 Å². The highest BCUT2D eigenvalue weighted by Crippen LogP contribution is 2.58. The molecule has 0 saturated carbocycles. The molecule has 0 N–H and O–H groups in total. The van der Waals surface area contributed by atoms with Gasteiger partial charge in [-0.25, -0.2) is 0 Å². The molecule has 442 valence electrons. The van der Waals surface area contributed by atoms with E-state index in [2.05, 4.69) is 299 Å². The van der Waals surface area contributed by atoms with Crippen molar-refractivity contribution in [2.24, 2.45) is 11.8 Å². The van der Waals surface area contributed by atoms with Crippen LogP contribution < -0.4 is 0 Å². The van der Waals surface area contributed by atoms with Crippen molar-refractivity contribution in [2.75, 3.05) is 0 Å². The van der Waals surface area contributed by atoms with E-state index in [1.807, 2.05) is 58.1 Å². The quantitative estimate of drug-likeness (QED) is 0.107. The van der Waals surface area contributed by atoms with Gasteiger partial charge in [-0.1, -0.05) is 333 Å². The van der Waals surface area contributed by atoms with Gasteiger partial charge < -0.3 is 0 Å². The molecule has 2 aliphatic rings. The standard InChI is InChI=1S/C31H26.C17H24.C11H10.C9H12.C8H12.C4H10.2C2H6/c1-5-25-22(4)20-29-30(26(25)6-2)27-18-17-21(3)19-28(27)31(29,23-13-9-7-10-14-23)24-15-11-8-12-16-24;1-6-10-16(14(5)7-2)17-12-9-8-11-15(17)13(3)4;1-9-5-4-7-10-6-2-3-8-11(9)10;1-3-9-6-4-8(2)5-7-9;1-4-7-8(5-2)6-3;1-4(2)3;2*1-2/h5-20H,1-2H2,3-4H3;6-8,10-11,13H,2,9,12H2,1,3-5H3;2-8H,1H3;4-7H,3H2,1-2H3;4-5,7H,1-2,6H2,3H3;4H,1-3H3;2*1-2H3/b;10-6-,16-14+;;;8-7+;;;. The van der Waals surface area contributed by atoms with Crippen molar-refractivity contribution in [3.05, 3.63) is 322 Å². The van der Waals surface area contributed by atoms with Gasteiger partial charge in [0.25, 0.3) is 0 Å². The van der Waals surface area contributed by atoms with Crippen LogP contribution in [0, 0.1) is 39.5 Å². The van der Waals surface area contributed by atoms with Gasteiger partial charge in [-0.2, -0.15) is 0 Å². The number of fused-ring (bicyclic) bond motifs is 4. The molecule has 7 aromatic carbocycles. The molecule has 0 aliphatic heterocycles. The van der Waals surface area contributed by atoms with Crippen LogP contribution in [-0.4, -0.2) is 0 Å². The van der Waals surface area contributed by atoms with Crippen LogP contribution in [-0.2, 0) is 11.8 Å². The number of aryl methyl sites for hydroxylation is 5. The first-order valence-corrected chi connectivity index (χ1v) is 31.0. The predicted octanol–water partition coefficient (Wildman–Crippen LogP) is 25.4. The molecule has 0 spiro atoms. The molecule has 0 unspecified atom stereocenters. The van der Waals surface area contributed by atoms with Crippen molar-refractivity contribution in [1.29, 1.82) is 0 Å². The first-order chi connectivity index (χ1) is 40.5. The van der Waals surface area contributed by atoms with Crippen molar-refractivity contribution >= 4 is 22.9 Å². The van der Waals surface area contributed by atoms with Crippen LogP contribution in [0.5, 0.6) is 0 Å². The Morgan fingerprint density at radius 3 is 1.62 bits per heavy atom. The van der Waals surface area contributed by atoms with Crippen LogP contribution in [0.2, 0.25) is 0 Å². The SMILES string of the molecule is C=C/C(C)=C(\C=C/C)C1=C(C(C)C)C=CCC1.C=C/C=C(\C=C)CC.C=Cc1c(C)cc2c(c1C=C)-c1ccc(C)cc1C2(c1ccccc1)c1ccccc1.CC.CC.CC(C)C.CCc1ccc(C)cc1.Cc1cccc2ccccc12. The van der Waals surface area contributed by atoms with Crippen molar-refractivity contribution in [3.63, 3.8) is 0 Å². The van der Waals surface area contributed by atoms with Gasteiger partial charge >= 0.3 is 0 Å². The maximum absolute atomic E-state index is 4.19. The summed E-state index contributed by atoms with van der Waals surface area (Å²) in [6.07, 6.45) is 24.9. The molecule has 0 amide bonds. The summed E-state index contributed by atoms with van der Waals surface area (Å²) in [4.78, 5) is 0. The lowest BCUT2D eigenvalue weighted by atomic mass is 9.67. The average Bonchev–Trinajstić information content (AvgIpc) is 1.56. The Morgan fingerprint density at radius 2 is 1.14 bits per heavy atom. The minimum absolute atomic E-state index is 0.374. The van der Waals surface area contributed by atoms with Gasteiger partial charge in [0.2, 0.25) is 0 Å². The molecular weight excluding hydrogens is 1010 g/mol. The third kappa shape index (κ3) is 19.9. The van der Waals surface area contributed by atoms with E-state index in [-0.39, 0.29) is 5.41 Å². The predicted molar refractivity (Wildman–Crippen MR) is 383 cm³/mol. The van der Waals surface area contributed by atoms with Crippen LogP contribution in [0.3, 0.4) is 0 Å². The Morgan fingerprint density at radius 1 is 0.595 bits per heavy atom. The fourth-order valence-corrected chi connectivity index (χ4v) is 10.4. The Bertz CT molecular complexity index is 3250. The second-order valence-electron chi connectivity index (χ2n) is 21.6.